The van der Waals surface area contributed by atoms with Crippen LogP contribution in [-0.2, 0) is 4.79 Å². The van der Waals surface area contributed by atoms with Crippen LogP contribution in [0.15, 0.2) is 47.4 Å². The zero-order valence-electron chi connectivity index (χ0n) is 12.9. The molecule has 2 rings (SSSR count). The van der Waals surface area contributed by atoms with Gasteiger partial charge < -0.3 is 5.32 Å². The van der Waals surface area contributed by atoms with Crippen molar-refractivity contribution in [1.82, 2.24) is 0 Å². The van der Waals surface area contributed by atoms with E-state index in [-0.39, 0.29) is 11.2 Å². The minimum atomic E-state index is -0.243. The highest BCUT2D eigenvalue weighted by Crippen LogP contribution is 2.28. The molecule has 0 spiro atoms. The van der Waals surface area contributed by atoms with Crippen molar-refractivity contribution in [2.45, 2.75) is 30.9 Å². The molecule has 0 saturated carbocycles. The minimum absolute atomic E-state index is 0.103. The van der Waals surface area contributed by atoms with Gasteiger partial charge in [-0.05, 0) is 44.5 Å². The smallest absolute Gasteiger partial charge is 0.237 e. The number of thioether (sulfide) groups is 1. The number of aryl methyl sites for hydroxylation is 2. The highest BCUT2D eigenvalue weighted by Gasteiger charge is 2.16. The first-order valence-corrected chi connectivity index (χ1v) is 7.93. The second kappa shape index (κ2) is 7.15. The van der Waals surface area contributed by atoms with Crippen molar-refractivity contribution in [1.29, 1.82) is 5.26 Å². The summed E-state index contributed by atoms with van der Waals surface area (Å²) in [5, 5.41) is 11.7. The van der Waals surface area contributed by atoms with Gasteiger partial charge in [-0.15, -0.1) is 11.8 Å². The monoisotopic (exact) mass is 310 g/mol. The van der Waals surface area contributed by atoms with Crippen LogP contribution in [0.5, 0.6) is 0 Å². The number of carbonyl (C=O) groups excluding carboxylic acids is 1. The van der Waals surface area contributed by atoms with Gasteiger partial charge in [0.25, 0.3) is 0 Å². The normalized spacial score (nSPS) is 11.5. The van der Waals surface area contributed by atoms with Gasteiger partial charge in [-0.25, -0.2) is 0 Å². The summed E-state index contributed by atoms with van der Waals surface area (Å²) in [7, 11) is 0. The van der Waals surface area contributed by atoms with E-state index in [0.717, 1.165) is 10.5 Å². The summed E-state index contributed by atoms with van der Waals surface area (Å²) in [4.78, 5) is 13.4. The third-order valence-electron chi connectivity index (χ3n) is 3.32. The van der Waals surface area contributed by atoms with E-state index in [1.165, 1.54) is 17.3 Å². The second-order valence-electron chi connectivity index (χ2n) is 5.18. The predicted molar refractivity (Wildman–Crippen MR) is 91.0 cm³/mol. The van der Waals surface area contributed by atoms with Gasteiger partial charge in [0.05, 0.1) is 16.5 Å². The molecular weight excluding hydrogens is 292 g/mol. The third-order valence-corrected chi connectivity index (χ3v) is 4.58. The Morgan fingerprint density at radius 2 is 1.95 bits per heavy atom. The van der Waals surface area contributed by atoms with E-state index in [1.54, 1.807) is 24.3 Å². The van der Waals surface area contributed by atoms with Crippen LogP contribution in [0.25, 0.3) is 0 Å². The predicted octanol–water partition coefficient (Wildman–Crippen LogP) is 4.29. The standard InChI is InChI=1S/C18H18N2OS/c1-12-8-9-13(2)17(10-12)22-14(3)18(21)20-16-7-5-4-6-15(16)11-19/h4-10,14H,1-3H3,(H,20,21). The molecule has 0 aromatic heterocycles. The van der Waals surface area contributed by atoms with Gasteiger partial charge in [0.15, 0.2) is 0 Å². The lowest BCUT2D eigenvalue weighted by molar-refractivity contribution is -0.115. The Kier molecular flexibility index (Phi) is 5.24. The molecule has 1 atom stereocenters. The maximum absolute atomic E-state index is 12.3. The molecule has 0 fully saturated rings. The van der Waals surface area contributed by atoms with Crippen molar-refractivity contribution in [3.63, 3.8) is 0 Å². The first kappa shape index (κ1) is 16.1. The van der Waals surface area contributed by atoms with Gasteiger partial charge in [0.1, 0.15) is 6.07 Å². The summed E-state index contributed by atoms with van der Waals surface area (Å²) < 4.78 is 0. The van der Waals surface area contributed by atoms with Crippen LogP contribution in [-0.4, -0.2) is 11.2 Å². The number of anilines is 1. The van der Waals surface area contributed by atoms with Crippen LogP contribution in [0.2, 0.25) is 0 Å². The average Bonchev–Trinajstić information content (AvgIpc) is 2.51. The van der Waals surface area contributed by atoms with Gasteiger partial charge in [0, 0.05) is 4.90 Å². The molecule has 22 heavy (non-hydrogen) atoms. The molecule has 0 aliphatic carbocycles. The maximum atomic E-state index is 12.3. The van der Waals surface area contributed by atoms with E-state index in [1.807, 2.05) is 20.8 Å². The molecule has 1 N–H and O–H groups in total. The number of benzene rings is 2. The number of nitrogens with one attached hydrogen (secondary N) is 1. The van der Waals surface area contributed by atoms with E-state index in [4.69, 9.17) is 5.26 Å². The molecule has 0 aliphatic heterocycles. The Hall–Kier alpha value is -2.25. The lowest BCUT2D eigenvalue weighted by Gasteiger charge is -2.14. The molecule has 0 radical (unpaired) electrons. The fraction of sp³-hybridized carbons (Fsp3) is 0.222. The number of nitrogens with zero attached hydrogens (tertiary/aromatic N) is 1. The molecule has 0 saturated heterocycles. The number of amides is 1. The summed E-state index contributed by atoms with van der Waals surface area (Å²) >= 11 is 1.53. The van der Waals surface area contributed by atoms with Crippen molar-refractivity contribution in [2.24, 2.45) is 0 Å². The summed E-state index contributed by atoms with van der Waals surface area (Å²) in [6.45, 7) is 5.95. The van der Waals surface area contributed by atoms with Crippen molar-refractivity contribution in [2.75, 3.05) is 5.32 Å². The number of rotatable bonds is 4. The molecular formula is C18H18N2OS. The van der Waals surface area contributed by atoms with Crippen LogP contribution in [0.4, 0.5) is 5.69 Å². The number of nitriles is 1. The van der Waals surface area contributed by atoms with Crippen molar-refractivity contribution in [3.8, 4) is 6.07 Å². The molecule has 1 unspecified atom stereocenters. The zero-order chi connectivity index (χ0) is 16.1. The Morgan fingerprint density at radius 3 is 2.68 bits per heavy atom. The summed E-state index contributed by atoms with van der Waals surface area (Å²) in [6.07, 6.45) is 0. The lowest BCUT2D eigenvalue weighted by atomic mass is 10.2. The van der Waals surface area contributed by atoms with Crippen molar-refractivity contribution in [3.05, 3.63) is 59.2 Å². The molecule has 0 heterocycles. The zero-order valence-corrected chi connectivity index (χ0v) is 13.7. The molecule has 3 nitrogen and oxygen atoms in total. The Balaban J connectivity index is 2.10. The lowest BCUT2D eigenvalue weighted by Crippen LogP contribution is -2.23. The fourth-order valence-electron chi connectivity index (χ4n) is 2.00. The first-order chi connectivity index (χ1) is 10.5. The molecule has 1 amide bonds. The fourth-order valence-corrected chi connectivity index (χ4v) is 3.06. The topological polar surface area (TPSA) is 52.9 Å². The largest absolute Gasteiger partial charge is 0.324 e. The number of carbonyl (C=O) groups is 1. The van der Waals surface area contributed by atoms with E-state index >= 15 is 0 Å². The van der Waals surface area contributed by atoms with Crippen LogP contribution in [0.3, 0.4) is 0 Å². The highest BCUT2D eigenvalue weighted by molar-refractivity contribution is 8.00. The van der Waals surface area contributed by atoms with Gasteiger partial charge in [-0.1, -0.05) is 29.8 Å². The number of hydrogen-bond acceptors (Lipinski definition) is 3. The van der Waals surface area contributed by atoms with Crippen molar-refractivity contribution >= 4 is 23.4 Å². The summed E-state index contributed by atoms with van der Waals surface area (Å²) in [5.41, 5.74) is 3.37. The van der Waals surface area contributed by atoms with Crippen LogP contribution < -0.4 is 5.32 Å². The molecule has 2 aromatic carbocycles. The third kappa shape index (κ3) is 3.90. The molecule has 0 bridgehead atoms. The van der Waals surface area contributed by atoms with Gasteiger partial charge in [-0.2, -0.15) is 5.26 Å². The van der Waals surface area contributed by atoms with E-state index in [2.05, 4.69) is 29.6 Å². The highest BCUT2D eigenvalue weighted by atomic mass is 32.2. The first-order valence-electron chi connectivity index (χ1n) is 7.05. The van der Waals surface area contributed by atoms with E-state index < -0.39 is 0 Å². The van der Waals surface area contributed by atoms with Gasteiger partial charge in [0.2, 0.25) is 5.91 Å². The number of hydrogen-bond donors (Lipinski definition) is 1. The van der Waals surface area contributed by atoms with Crippen LogP contribution in [0, 0.1) is 25.2 Å². The van der Waals surface area contributed by atoms with Crippen molar-refractivity contribution < 1.29 is 4.79 Å². The van der Waals surface area contributed by atoms with Gasteiger partial charge >= 0.3 is 0 Å². The SMILES string of the molecule is Cc1ccc(C)c(SC(C)C(=O)Nc2ccccc2C#N)c1. The summed E-state index contributed by atoms with van der Waals surface area (Å²) in [6, 6.07) is 15.3. The maximum Gasteiger partial charge on any atom is 0.237 e. The minimum Gasteiger partial charge on any atom is -0.324 e. The van der Waals surface area contributed by atoms with E-state index in [9.17, 15) is 4.79 Å². The molecule has 2 aromatic rings. The quantitative estimate of drug-likeness (QED) is 0.857. The van der Waals surface area contributed by atoms with Gasteiger partial charge in [-0.3, -0.25) is 4.79 Å². The second-order valence-corrected chi connectivity index (χ2v) is 6.56. The molecule has 0 aliphatic rings. The Labute approximate surface area is 135 Å². The Morgan fingerprint density at radius 1 is 1.23 bits per heavy atom. The molecule has 4 heteroatoms. The van der Waals surface area contributed by atoms with E-state index in [0.29, 0.717) is 11.3 Å². The van der Waals surface area contributed by atoms with Crippen LogP contribution >= 0.6 is 11.8 Å². The molecule has 112 valence electrons. The summed E-state index contributed by atoms with van der Waals surface area (Å²) in [5.74, 6) is -0.103. The number of para-hydroxylation sites is 1. The Bertz CT molecular complexity index is 734. The van der Waals surface area contributed by atoms with Crippen LogP contribution in [0.1, 0.15) is 23.6 Å². The average molecular weight is 310 g/mol.